The molecule has 0 unspecified atom stereocenters. The van der Waals surface area contributed by atoms with Crippen LogP contribution in [0.1, 0.15) is 17.2 Å². The van der Waals surface area contributed by atoms with Gasteiger partial charge in [-0.15, -0.1) is 0 Å². The fourth-order valence-corrected chi connectivity index (χ4v) is 3.59. The molecule has 0 aromatic heterocycles. The van der Waals surface area contributed by atoms with Crippen molar-refractivity contribution in [3.8, 4) is 11.5 Å². The Morgan fingerprint density at radius 3 is 2.59 bits per heavy atom. The smallest absolute Gasteiger partial charge is 0.143 e. The van der Waals surface area contributed by atoms with E-state index in [0.717, 1.165) is 24.4 Å². The van der Waals surface area contributed by atoms with Crippen LogP contribution in [0.25, 0.3) is 0 Å². The van der Waals surface area contributed by atoms with E-state index in [1.807, 2.05) is 12.1 Å². The average molecular weight is 409 g/mol. The normalized spacial score (nSPS) is 16.6. The molecule has 1 aliphatic heterocycles. The van der Waals surface area contributed by atoms with Gasteiger partial charge in [0.25, 0.3) is 0 Å². The molecule has 1 N–H and O–H groups in total. The Morgan fingerprint density at radius 2 is 1.93 bits per heavy atom. The van der Waals surface area contributed by atoms with Crippen molar-refractivity contribution >= 4 is 29.4 Å². The Morgan fingerprint density at radius 1 is 1.22 bits per heavy atom. The van der Waals surface area contributed by atoms with Crippen molar-refractivity contribution in [2.75, 3.05) is 40.0 Å². The van der Waals surface area contributed by atoms with Crippen LogP contribution in [0.4, 0.5) is 0 Å². The summed E-state index contributed by atoms with van der Waals surface area (Å²) >= 11 is 12.0. The Labute approximate surface area is 169 Å². The lowest BCUT2D eigenvalue weighted by molar-refractivity contribution is 0.0180. The Hall–Kier alpha value is -1.79. The molecule has 2 aromatic carbocycles. The molecule has 27 heavy (non-hydrogen) atoms. The summed E-state index contributed by atoms with van der Waals surface area (Å²) in [6.45, 7) is 3.65. The summed E-state index contributed by atoms with van der Waals surface area (Å²) in [5.74, 6) is 0.804. The van der Waals surface area contributed by atoms with Gasteiger partial charge in [0.2, 0.25) is 0 Å². The maximum absolute atomic E-state index is 10.1. The fourth-order valence-electron chi connectivity index (χ4n) is 3.08. The first-order chi connectivity index (χ1) is 13.1. The van der Waals surface area contributed by atoms with E-state index in [1.54, 1.807) is 19.4 Å². The van der Waals surface area contributed by atoms with Crippen LogP contribution in [-0.2, 0) is 4.74 Å². The maximum Gasteiger partial charge on any atom is 0.143 e. The molecule has 1 atom stereocenters. The number of morpholine rings is 1. The van der Waals surface area contributed by atoms with Crippen molar-refractivity contribution < 1.29 is 14.6 Å². The van der Waals surface area contributed by atoms with Gasteiger partial charge in [-0.3, -0.25) is 9.89 Å². The van der Waals surface area contributed by atoms with E-state index in [0.29, 0.717) is 30.3 Å². The van der Waals surface area contributed by atoms with Crippen LogP contribution in [0.2, 0.25) is 10.0 Å². The zero-order chi connectivity index (χ0) is 19.2. The largest absolute Gasteiger partial charge is 0.506 e. The lowest BCUT2D eigenvalue weighted by Crippen LogP contribution is -2.40. The van der Waals surface area contributed by atoms with Gasteiger partial charge in [-0.05, 0) is 29.8 Å². The van der Waals surface area contributed by atoms with Crippen LogP contribution in [0.15, 0.2) is 41.4 Å². The highest BCUT2D eigenvalue weighted by Gasteiger charge is 2.22. The Balaban J connectivity index is 1.80. The first kappa shape index (κ1) is 20.0. The van der Waals surface area contributed by atoms with Crippen molar-refractivity contribution in [2.24, 2.45) is 4.99 Å². The fraction of sp³-hybridized carbons (Fsp3) is 0.350. The molecule has 0 bridgehead atoms. The molecular formula is C20H22Cl2N2O3. The van der Waals surface area contributed by atoms with Gasteiger partial charge in [0, 0.05) is 29.9 Å². The highest BCUT2D eigenvalue weighted by Crippen LogP contribution is 2.30. The van der Waals surface area contributed by atoms with Crippen molar-refractivity contribution in [2.45, 2.75) is 6.04 Å². The molecule has 1 aliphatic rings. The number of phenols is 1. The summed E-state index contributed by atoms with van der Waals surface area (Å²) in [5, 5.41) is 10.8. The zero-order valence-electron chi connectivity index (χ0n) is 15.1. The van der Waals surface area contributed by atoms with Crippen LogP contribution in [-0.4, -0.2) is 56.2 Å². The molecule has 0 amide bonds. The standard InChI is InChI=1S/C20H22Cl2N2O3/c1-26-17-4-2-14(3-5-17)19(24-6-8-27-9-7-24)13-23-12-15-10-16(21)11-18(22)20(15)25/h2-5,10-12,19,25H,6-9,13H2,1H3/t19-/m0/s1. The second-order valence-electron chi connectivity index (χ2n) is 6.26. The predicted molar refractivity (Wildman–Crippen MR) is 109 cm³/mol. The molecule has 1 fully saturated rings. The number of methoxy groups -OCH3 is 1. The molecule has 0 spiro atoms. The van der Waals surface area contributed by atoms with Gasteiger partial charge >= 0.3 is 0 Å². The summed E-state index contributed by atoms with van der Waals surface area (Å²) in [4.78, 5) is 6.92. The van der Waals surface area contributed by atoms with Gasteiger partial charge in [0.1, 0.15) is 11.5 Å². The van der Waals surface area contributed by atoms with E-state index in [2.05, 4.69) is 22.0 Å². The monoisotopic (exact) mass is 408 g/mol. The van der Waals surface area contributed by atoms with E-state index in [4.69, 9.17) is 32.7 Å². The van der Waals surface area contributed by atoms with Crippen LogP contribution < -0.4 is 4.74 Å². The first-order valence-corrected chi connectivity index (χ1v) is 9.47. The van der Waals surface area contributed by atoms with Gasteiger partial charge in [0.05, 0.1) is 37.9 Å². The molecule has 0 radical (unpaired) electrons. The van der Waals surface area contributed by atoms with Gasteiger partial charge in [-0.25, -0.2) is 0 Å². The second-order valence-corrected chi connectivity index (χ2v) is 7.10. The van der Waals surface area contributed by atoms with Crippen molar-refractivity contribution in [3.63, 3.8) is 0 Å². The van der Waals surface area contributed by atoms with Crippen molar-refractivity contribution in [1.29, 1.82) is 0 Å². The summed E-state index contributed by atoms with van der Waals surface area (Å²) in [5.41, 5.74) is 1.66. The molecule has 1 heterocycles. The number of halogens is 2. The number of aromatic hydroxyl groups is 1. The number of aliphatic imine (C=N–C) groups is 1. The molecule has 5 nitrogen and oxygen atoms in total. The summed E-state index contributed by atoms with van der Waals surface area (Å²) in [6.07, 6.45) is 1.62. The number of phenolic OH excluding ortho intramolecular Hbond substituents is 1. The summed E-state index contributed by atoms with van der Waals surface area (Å²) in [7, 11) is 1.65. The molecular weight excluding hydrogens is 387 g/mol. The van der Waals surface area contributed by atoms with Crippen molar-refractivity contribution in [3.05, 3.63) is 57.6 Å². The molecule has 7 heteroatoms. The van der Waals surface area contributed by atoms with E-state index >= 15 is 0 Å². The molecule has 1 saturated heterocycles. The third-order valence-corrected chi connectivity index (χ3v) is 5.06. The molecule has 3 rings (SSSR count). The first-order valence-electron chi connectivity index (χ1n) is 8.72. The van der Waals surface area contributed by atoms with E-state index in [-0.39, 0.29) is 16.8 Å². The minimum Gasteiger partial charge on any atom is -0.506 e. The third-order valence-electron chi connectivity index (χ3n) is 4.55. The van der Waals surface area contributed by atoms with Gasteiger partial charge in [-0.1, -0.05) is 35.3 Å². The number of ether oxygens (including phenoxy) is 2. The molecule has 0 saturated carbocycles. The van der Waals surface area contributed by atoms with Crippen LogP contribution in [0.3, 0.4) is 0 Å². The highest BCUT2D eigenvalue weighted by molar-refractivity contribution is 6.36. The quantitative estimate of drug-likeness (QED) is 0.727. The number of hydrogen-bond acceptors (Lipinski definition) is 5. The van der Waals surface area contributed by atoms with Crippen molar-refractivity contribution in [1.82, 2.24) is 4.90 Å². The topological polar surface area (TPSA) is 54.3 Å². The van der Waals surface area contributed by atoms with Gasteiger partial charge in [0.15, 0.2) is 0 Å². The van der Waals surface area contributed by atoms with E-state index in [1.165, 1.54) is 6.07 Å². The summed E-state index contributed by atoms with van der Waals surface area (Å²) in [6, 6.07) is 11.3. The highest BCUT2D eigenvalue weighted by atomic mass is 35.5. The Bertz CT molecular complexity index is 791. The third kappa shape index (κ3) is 5.14. The van der Waals surface area contributed by atoms with E-state index in [9.17, 15) is 5.11 Å². The number of nitrogens with zero attached hydrogens (tertiary/aromatic N) is 2. The van der Waals surface area contributed by atoms with Crippen LogP contribution in [0.5, 0.6) is 11.5 Å². The zero-order valence-corrected chi connectivity index (χ0v) is 16.6. The molecule has 2 aromatic rings. The van der Waals surface area contributed by atoms with Gasteiger partial charge in [-0.2, -0.15) is 0 Å². The average Bonchev–Trinajstić information content (AvgIpc) is 2.69. The van der Waals surface area contributed by atoms with Crippen LogP contribution in [0, 0.1) is 0 Å². The predicted octanol–water partition coefficient (Wildman–Crippen LogP) is 4.20. The minimum absolute atomic E-state index is 0.0165. The molecule has 144 valence electrons. The minimum atomic E-state index is -0.0165. The lowest BCUT2D eigenvalue weighted by Gasteiger charge is -2.34. The summed E-state index contributed by atoms with van der Waals surface area (Å²) < 4.78 is 10.7. The maximum atomic E-state index is 10.1. The molecule has 0 aliphatic carbocycles. The Kier molecular flexibility index (Phi) is 6.96. The van der Waals surface area contributed by atoms with Crippen LogP contribution >= 0.6 is 23.2 Å². The lowest BCUT2D eigenvalue weighted by atomic mass is 10.0. The van der Waals surface area contributed by atoms with E-state index < -0.39 is 0 Å². The number of benzene rings is 2. The van der Waals surface area contributed by atoms with Gasteiger partial charge < -0.3 is 14.6 Å². The number of rotatable bonds is 6. The number of hydrogen-bond donors (Lipinski definition) is 1. The second kappa shape index (κ2) is 9.42. The SMILES string of the molecule is COc1ccc([C@H](CN=Cc2cc(Cl)cc(Cl)c2O)N2CCOCC2)cc1.